The summed E-state index contributed by atoms with van der Waals surface area (Å²) in [5.41, 5.74) is 7.74. The van der Waals surface area contributed by atoms with Crippen molar-refractivity contribution in [2.75, 3.05) is 7.11 Å². The van der Waals surface area contributed by atoms with Gasteiger partial charge in [0.05, 0.1) is 12.5 Å². The van der Waals surface area contributed by atoms with Gasteiger partial charge >= 0.3 is 0 Å². The highest BCUT2D eigenvalue weighted by Gasteiger charge is 2.38. The third-order valence-electron chi connectivity index (χ3n) is 5.98. The van der Waals surface area contributed by atoms with Gasteiger partial charge in [0.1, 0.15) is 5.75 Å². The molecule has 0 aliphatic rings. The Morgan fingerprint density at radius 1 is 0.742 bits per heavy atom. The smallest absolute Gasteiger partial charge is 0.118 e. The van der Waals surface area contributed by atoms with Crippen molar-refractivity contribution in [3.05, 3.63) is 137 Å². The zero-order valence-electron chi connectivity index (χ0n) is 19.3. The number of rotatable bonds is 7. The van der Waals surface area contributed by atoms with Crippen molar-refractivity contribution in [1.29, 1.82) is 0 Å². The summed E-state index contributed by atoms with van der Waals surface area (Å²) in [6, 6.07) is 26.0. The lowest BCUT2D eigenvalue weighted by Crippen LogP contribution is -2.31. The van der Waals surface area contributed by atoms with Crippen LogP contribution in [0.3, 0.4) is 0 Å². The molecule has 0 aliphatic heterocycles. The average molecular weight is 409 g/mol. The van der Waals surface area contributed by atoms with Crippen molar-refractivity contribution >= 4 is 0 Å². The van der Waals surface area contributed by atoms with Gasteiger partial charge in [0.15, 0.2) is 0 Å². The number of methoxy groups -OCH3 is 1. The standard InChI is InChI=1S/C30H32O/c1-7-22(2)8-13-25(5)30(26-14-9-23(3)10-15-26,27-16-11-24(4)12-17-27)28-18-20-29(31-6)21-19-28/h7-21H,5H2,1-4,6H3/b13-8-,22-7-. The lowest BCUT2D eigenvalue weighted by molar-refractivity contribution is 0.414. The average Bonchev–Trinajstić information content (AvgIpc) is 2.80. The highest BCUT2D eigenvalue weighted by molar-refractivity contribution is 5.61. The molecule has 1 heteroatoms. The zero-order chi connectivity index (χ0) is 22.4. The molecule has 0 aliphatic carbocycles. The van der Waals surface area contributed by atoms with Gasteiger partial charge in [-0.2, -0.15) is 0 Å². The van der Waals surface area contributed by atoms with Gasteiger partial charge < -0.3 is 4.74 Å². The van der Waals surface area contributed by atoms with E-state index in [1.54, 1.807) is 7.11 Å². The summed E-state index contributed by atoms with van der Waals surface area (Å²) in [6.07, 6.45) is 6.40. The topological polar surface area (TPSA) is 9.23 Å². The third-order valence-corrected chi connectivity index (χ3v) is 5.98. The van der Waals surface area contributed by atoms with E-state index in [2.05, 4.69) is 113 Å². The Hall–Kier alpha value is -3.32. The third kappa shape index (κ3) is 4.56. The normalized spacial score (nSPS) is 12.2. The van der Waals surface area contributed by atoms with Gasteiger partial charge in [-0.3, -0.25) is 0 Å². The number of hydrogen-bond acceptors (Lipinski definition) is 1. The summed E-state index contributed by atoms with van der Waals surface area (Å²) in [6.45, 7) is 13.0. The number of allylic oxidation sites excluding steroid dienone is 5. The Morgan fingerprint density at radius 2 is 1.16 bits per heavy atom. The maximum absolute atomic E-state index is 5.43. The quantitative estimate of drug-likeness (QED) is 0.287. The maximum Gasteiger partial charge on any atom is 0.118 e. The van der Waals surface area contributed by atoms with Crippen LogP contribution in [0.5, 0.6) is 5.75 Å². The largest absolute Gasteiger partial charge is 0.497 e. The summed E-state index contributed by atoms with van der Waals surface area (Å²) < 4.78 is 5.43. The van der Waals surface area contributed by atoms with Gasteiger partial charge in [-0.25, -0.2) is 0 Å². The highest BCUT2D eigenvalue weighted by atomic mass is 16.5. The number of ether oxygens (including phenoxy) is 1. The highest BCUT2D eigenvalue weighted by Crippen LogP contribution is 2.45. The Labute approximate surface area is 187 Å². The Kier molecular flexibility index (Phi) is 6.97. The molecule has 0 radical (unpaired) electrons. The van der Waals surface area contributed by atoms with Gasteiger partial charge in [-0.05, 0) is 62.1 Å². The lowest BCUT2D eigenvalue weighted by atomic mass is 9.64. The van der Waals surface area contributed by atoms with E-state index in [0.717, 1.165) is 16.9 Å². The van der Waals surface area contributed by atoms with E-state index in [4.69, 9.17) is 4.74 Å². The van der Waals surface area contributed by atoms with Crippen molar-refractivity contribution in [1.82, 2.24) is 0 Å². The lowest BCUT2D eigenvalue weighted by Gasteiger charge is -2.37. The van der Waals surface area contributed by atoms with Crippen molar-refractivity contribution < 1.29 is 4.74 Å². The molecule has 0 fully saturated rings. The number of aryl methyl sites for hydroxylation is 2. The van der Waals surface area contributed by atoms with Crippen LogP contribution in [-0.4, -0.2) is 7.11 Å². The summed E-state index contributed by atoms with van der Waals surface area (Å²) in [5.74, 6) is 0.844. The summed E-state index contributed by atoms with van der Waals surface area (Å²) >= 11 is 0. The van der Waals surface area contributed by atoms with E-state index in [0.29, 0.717) is 0 Å². The van der Waals surface area contributed by atoms with Crippen molar-refractivity contribution in [3.8, 4) is 5.75 Å². The van der Waals surface area contributed by atoms with Gasteiger partial charge in [0.2, 0.25) is 0 Å². The molecule has 3 aromatic carbocycles. The van der Waals surface area contributed by atoms with Gasteiger partial charge in [-0.1, -0.05) is 102 Å². The molecule has 1 nitrogen and oxygen atoms in total. The second kappa shape index (κ2) is 9.66. The van der Waals surface area contributed by atoms with E-state index >= 15 is 0 Å². The first-order valence-corrected chi connectivity index (χ1v) is 10.7. The molecule has 0 amide bonds. The fraction of sp³-hybridized carbons (Fsp3) is 0.200. The predicted octanol–water partition coefficient (Wildman–Crippen LogP) is 7.73. The molecule has 0 saturated heterocycles. The van der Waals surface area contributed by atoms with Gasteiger partial charge in [0, 0.05) is 0 Å². The maximum atomic E-state index is 5.43. The molecule has 0 heterocycles. The molecule has 3 aromatic rings. The molecule has 0 atom stereocenters. The Balaban J connectivity index is 2.36. The summed E-state index contributed by atoms with van der Waals surface area (Å²) in [7, 11) is 1.70. The molecule has 0 spiro atoms. The molecule has 0 bridgehead atoms. The van der Waals surface area contributed by atoms with E-state index in [-0.39, 0.29) is 0 Å². The van der Waals surface area contributed by atoms with Crippen LogP contribution in [0.1, 0.15) is 41.7 Å². The van der Waals surface area contributed by atoms with E-state index < -0.39 is 5.41 Å². The van der Waals surface area contributed by atoms with Crippen LogP contribution in [0.2, 0.25) is 0 Å². The number of hydrogen-bond donors (Lipinski definition) is 0. The van der Waals surface area contributed by atoms with Gasteiger partial charge in [-0.15, -0.1) is 0 Å². The summed E-state index contributed by atoms with van der Waals surface area (Å²) in [4.78, 5) is 0. The van der Waals surface area contributed by atoms with Crippen LogP contribution in [0.25, 0.3) is 0 Å². The summed E-state index contributed by atoms with van der Waals surface area (Å²) in [5, 5.41) is 0. The molecule has 31 heavy (non-hydrogen) atoms. The molecule has 0 N–H and O–H groups in total. The van der Waals surface area contributed by atoms with E-state index in [1.807, 2.05) is 12.1 Å². The van der Waals surface area contributed by atoms with Crippen LogP contribution in [-0.2, 0) is 5.41 Å². The van der Waals surface area contributed by atoms with Crippen LogP contribution >= 0.6 is 0 Å². The van der Waals surface area contributed by atoms with Gasteiger partial charge in [0.25, 0.3) is 0 Å². The van der Waals surface area contributed by atoms with E-state index in [1.165, 1.54) is 27.8 Å². The molecule has 0 aromatic heterocycles. The molecule has 3 rings (SSSR count). The Bertz CT molecular complexity index is 1030. The molecular weight excluding hydrogens is 376 g/mol. The van der Waals surface area contributed by atoms with Crippen LogP contribution < -0.4 is 4.74 Å². The van der Waals surface area contributed by atoms with E-state index in [9.17, 15) is 0 Å². The Morgan fingerprint density at radius 3 is 1.55 bits per heavy atom. The SMILES string of the molecule is C=C(/C=C\C(C)=C/C)C(c1ccc(C)cc1)(c1ccc(C)cc1)c1ccc(OC)cc1. The molecule has 0 unspecified atom stereocenters. The van der Waals surface area contributed by atoms with Crippen molar-refractivity contribution in [2.24, 2.45) is 0 Å². The predicted molar refractivity (Wildman–Crippen MR) is 133 cm³/mol. The first-order valence-electron chi connectivity index (χ1n) is 10.7. The molecule has 0 saturated carbocycles. The number of benzene rings is 3. The first-order chi connectivity index (χ1) is 14.9. The second-order valence-corrected chi connectivity index (χ2v) is 8.10. The van der Waals surface area contributed by atoms with Crippen LogP contribution in [0.4, 0.5) is 0 Å². The first kappa shape index (κ1) is 22.4. The van der Waals surface area contributed by atoms with Crippen molar-refractivity contribution in [2.45, 2.75) is 33.1 Å². The second-order valence-electron chi connectivity index (χ2n) is 8.10. The minimum atomic E-state index is -0.516. The minimum Gasteiger partial charge on any atom is -0.497 e. The van der Waals surface area contributed by atoms with Crippen LogP contribution in [0, 0.1) is 13.8 Å². The fourth-order valence-electron chi connectivity index (χ4n) is 3.96. The van der Waals surface area contributed by atoms with Crippen LogP contribution in [0.15, 0.2) is 109 Å². The zero-order valence-corrected chi connectivity index (χ0v) is 19.3. The molecular formula is C30H32O. The molecule has 158 valence electrons. The monoisotopic (exact) mass is 408 g/mol. The fourth-order valence-corrected chi connectivity index (χ4v) is 3.96. The van der Waals surface area contributed by atoms with Crippen molar-refractivity contribution in [3.63, 3.8) is 0 Å². The minimum absolute atomic E-state index is 0.516.